The fraction of sp³-hybridized carbons (Fsp3) is 0. The highest BCUT2D eigenvalue weighted by atomic mass is 15.0. The van der Waals surface area contributed by atoms with Crippen LogP contribution >= 0.6 is 0 Å². The second-order valence-corrected chi connectivity index (χ2v) is 13.8. The van der Waals surface area contributed by atoms with Gasteiger partial charge >= 0.3 is 0 Å². The zero-order valence-corrected chi connectivity index (χ0v) is 28.0. The van der Waals surface area contributed by atoms with E-state index in [1.807, 2.05) is 6.07 Å². The van der Waals surface area contributed by atoms with Crippen LogP contribution in [0.25, 0.3) is 110 Å². The minimum Gasteiger partial charge on any atom is -0.309 e. The third-order valence-electron chi connectivity index (χ3n) is 11.0. The maximum atomic E-state index is 5.23. The van der Waals surface area contributed by atoms with Crippen LogP contribution in [0.4, 0.5) is 0 Å². The van der Waals surface area contributed by atoms with Crippen molar-refractivity contribution < 1.29 is 0 Å². The molecule has 0 saturated heterocycles. The Kier molecular flexibility index (Phi) is 5.47. The molecule has 240 valence electrons. The van der Waals surface area contributed by atoms with Crippen LogP contribution in [0, 0.1) is 0 Å². The van der Waals surface area contributed by atoms with Crippen molar-refractivity contribution in [3.8, 4) is 28.3 Å². The van der Waals surface area contributed by atoms with E-state index in [0.717, 1.165) is 39.2 Å². The third-order valence-corrected chi connectivity index (χ3v) is 11.0. The van der Waals surface area contributed by atoms with Crippen molar-refractivity contribution in [3.63, 3.8) is 0 Å². The molecule has 12 aromatic rings. The Morgan fingerprint density at radius 3 is 1.79 bits per heavy atom. The molecule has 8 aromatic carbocycles. The fourth-order valence-electron chi connectivity index (χ4n) is 8.75. The Balaban J connectivity index is 1.10. The van der Waals surface area contributed by atoms with Gasteiger partial charge in [0, 0.05) is 54.5 Å². The monoisotopic (exact) mass is 660 g/mol. The van der Waals surface area contributed by atoms with E-state index >= 15 is 0 Å². The zero-order chi connectivity index (χ0) is 33.9. The molecular weight excluding hydrogens is 633 g/mol. The Labute approximate surface area is 297 Å². The molecule has 4 nitrogen and oxygen atoms in total. The zero-order valence-electron chi connectivity index (χ0n) is 28.0. The summed E-state index contributed by atoms with van der Waals surface area (Å²) in [5, 5.41) is 11.1. The van der Waals surface area contributed by atoms with Gasteiger partial charge in [0.25, 0.3) is 0 Å². The predicted molar refractivity (Wildman–Crippen MR) is 217 cm³/mol. The Morgan fingerprint density at radius 1 is 0.385 bits per heavy atom. The average Bonchev–Trinajstić information content (AvgIpc) is 3.85. The Bertz CT molecular complexity index is 3400. The van der Waals surface area contributed by atoms with Crippen LogP contribution in [0.2, 0.25) is 0 Å². The summed E-state index contributed by atoms with van der Waals surface area (Å²) in [7, 11) is 0. The molecule has 0 fully saturated rings. The highest BCUT2D eigenvalue weighted by Gasteiger charge is 2.24. The molecule has 0 radical (unpaired) electrons. The molecule has 0 N–H and O–H groups in total. The van der Waals surface area contributed by atoms with Gasteiger partial charge in [-0.05, 0) is 71.4 Å². The van der Waals surface area contributed by atoms with Crippen LogP contribution in [0.15, 0.2) is 170 Å². The minimum atomic E-state index is 0.717. The summed E-state index contributed by atoms with van der Waals surface area (Å²) in [4.78, 5) is 10.3. The lowest BCUT2D eigenvalue weighted by Crippen LogP contribution is -1.97. The summed E-state index contributed by atoms with van der Waals surface area (Å²) >= 11 is 0. The van der Waals surface area contributed by atoms with Crippen molar-refractivity contribution in [1.82, 2.24) is 18.9 Å². The van der Waals surface area contributed by atoms with Crippen molar-refractivity contribution >= 4 is 81.6 Å². The maximum Gasteiger partial charge on any atom is 0.160 e. The minimum absolute atomic E-state index is 0.717. The van der Waals surface area contributed by atoms with E-state index in [1.54, 1.807) is 0 Å². The number of fused-ring (bicyclic) bond motifs is 12. The SMILES string of the molecule is c1ccc2cc(-c3nc(-c4ccc(-n5c6ccccc6c6cc7c8ccccc8n8c9ccccc9c(c65)c78)cc4)nc4ccccc34)ccc2c1. The lowest BCUT2D eigenvalue weighted by atomic mass is 10.0. The van der Waals surface area contributed by atoms with Crippen molar-refractivity contribution in [3.05, 3.63) is 170 Å². The van der Waals surface area contributed by atoms with Crippen LogP contribution in [0.5, 0.6) is 0 Å². The number of aromatic nitrogens is 4. The molecule has 0 amide bonds. The van der Waals surface area contributed by atoms with E-state index in [2.05, 4.69) is 173 Å². The third kappa shape index (κ3) is 3.70. The van der Waals surface area contributed by atoms with Crippen molar-refractivity contribution in [2.24, 2.45) is 0 Å². The summed E-state index contributed by atoms with van der Waals surface area (Å²) in [6.07, 6.45) is 0. The van der Waals surface area contributed by atoms with Gasteiger partial charge in [-0.2, -0.15) is 0 Å². The molecule has 4 aromatic heterocycles. The van der Waals surface area contributed by atoms with Gasteiger partial charge in [0.2, 0.25) is 0 Å². The first kappa shape index (κ1) is 27.7. The number of rotatable bonds is 3. The lowest BCUT2D eigenvalue weighted by molar-refractivity contribution is 1.18. The molecule has 0 saturated carbocycles. The van der Waals surface area contributed by atoms with Gasteiger partial charge in [0.15, 0.2) is 5.82 Å². The standard InChI is InChI=1S/C48H28N4/c1-2-12-31-27-32(22-21-29(31)11-1)45-36-15-3-7-17-40(36)49-48(50-45)30-23-25-33(26-24-30)51-41-18-8-4-13-34(41)38-28-39-35-14-5-9-19-42(35)52-43-20-10-6-16-37(43)44(46(38)51)47(39)52/h1-28H. The van der Waals surface area contributed by atoms with Gasteiger partial charge in [0.05, 0.1) is 38.8 Å². The number of hydrogen-bond acceptors (Lipinski definition) is 2. The molecule has 0 aliphatic heterocycles. The average molecular weight is 661 g/mol. The molecule has 0 atom stereocenters. The van der Waals surface area contributed by atoms with Crippen LogP contribution in [0.1, 0.15) is 0 Å². The summed E-state index contributed by atoms with van der Waals surface area (Å²) in [6.45, 7) is 0. The molecule has 52 heavy (non-hydrogen) atoms. The van der Waals surface area contributed by atoms with E-state index in [0.29, 0.717) is 0 Å². The van der Waals surface area contributed by atoms with Crippen LogP contribution in [0.3, 0.4) is 0 Å². The highest BCUT2D eigenvalue weighted by Crippen LogP contribution is 2.46. The van der Waals surface area contributed by atoms with Crippen molar-refractivity contribution in [1.29, 1.82) is 0 Å². The summed E-state index contributed by atoms with van der Waals surface area (Å²) in [5.41, 5.74) is 11.2. The van der Waals surface area contributed by atoms with Gasteiger partial charge in [0.1, 0.15) is 0 Å². The van der Waals surface area contributed by atoms with Gasteiger partial charge in [-0.1, -0.05) is 109 Å². The quantitative estimate of drug-likeness (QED) is 0.189. The molecule has 0 unspecified atom stereocenters. The fourth-order valence-corrected chi connectivity index (χ4v) is 8.75. The van der Waals surface area contributed by atoms with Crippen LogP contribution in [-0.4, -0.2) is 18.9 Å². The highest BCUT2D eigenvalue weighted by molar-refractivity contribution is 6.34. The largest absolute Gasteiger partial charge is 0.309 e. The smallest absolute Gasteiger partial charge is 0.160 e. The Morgan fingerprint density at radius 2 is 0.981 bits per heavy atom. The van der Waals surface area contributed by atoms with Crippen molar-refractivity contribution in [2.45, 2.75) is 0 Å². The first-order chi connectivity index (χ1) is 25.8. The van der Waals surface area contributed by atoms with Crippen LogP contribution < -0.4 is 0 Å². The van der Waals surface area contributed by atoms with E-state index in [-0.39, 0.29) is 0 Å². The van der Waals surface area contributed by atoms with E-state index < -0.39 is 0 Å². The first-order valence-corrected chi connectivity index (χ1v) is 17.8. The van der Waals surface area contributed by atoms with Gasteiger partial charge < -0.3 is 8.97 Å². The molecule has 0 bridgehead atoms. The molecule has 0 aliphatic carbocycles. The summed E-state index contributed by atoms with van der Waals surface area (Å²) in [5.74, 6) is 0.717. The number of para-hydroxylation sites is 4. The lowest BCUT2D eigenvalue weighted by Gasteiger charge is -2.12. The van der Waals surface area contributed by atoms with Gasteiger partial charge in [-0.25, -0.2) is 9.97 Å². The number of hydrogen-bond donors (Lipinski definition) is 0. The predicted octanol–water partition coefficient (Wildman–Crippen LogP) is 12.4. The molecule has 4 heterocycles. The molecule has 12 rings (SSSR count). The Hall–Kier alpha value is -7.04. The van der Waals surface area contributed by atoms with E-state index in [1.165, 1.54) is 70.7 Å². The molecule has 4 heteroatoms. The van der Waals surface area contributed by atoms with Gasteiger partial charge in [-0.3, -0.25) is 0 Å². The van der Waals surface area contributed by atoms with E-state index in [4.69, 9.17) is 9.97 Å². The maximum absolute atomic E-state index is 5.23. The van der Waals surface area contributed by atoms with Crippen molar-refractivity contribution in [2.75, 3.05) is 0 Å². The van der Waals surface area contributed by atoms with Crippen LogP contribution in [-0.2, 0) is 0 Å². The number of nitrogens with zero attached hydrogens (tertiary/aromatic N) is 4. The second kappa shape index (κ2) is 10.3. The summed E-state index contributed by atoms with van der Waals surface area (Å²) < 4.78 is 4.92. The molecular formula is C48H28N4. The normalized spacial score (nSPS) is 12.2. The topological polar surface area (TPSA) is 35.1 Å². The van der Waals surface area contributed by atoms with Gasteiger partial charge in [-0.15, -0.1) is 0 Å². The van der Waals surface area contributed by atoms with E-state index in [9.17, 15) is 0 Å². The molecule has 0 spiro atoms. The second-order valence-electron chi connectivity index (χ2n) is 13.8. The number of benzene rings is 8. The summed E-state index contributed by atoms with van der Waals surface area (Å²) in [6, 6.07) is 61.0. The first-order valence-electron chi connectivity index (χ1n) is 17.8. The molecule has 0 aliphatic rings.